The molecule has 7 aromatic carbocycles. The number of halogens is 4. The molecule has 0 saturated carbocycles. The lowest BCUT2D eigenvalue weighted by Gasteiger charge is -2.37. The lowest BCUT2D eigenvalue weighted by molar-refractivity contribution is 0.0165. The number of fused-ring (bicyclic) bond motifs is 9. The third-order valence-electron chi connectivity index (χ3n) is 19.5. The van der Waals surface area contributed by atoms with E-state index in [1.807, 2.05) is 193 Å². The van der Waals surface area contributed by atoms with Gasteiger partial charge in [-0.05, 0) is 217 Å². The number of morpholine rings is 1. The summed E-state index contributed by atoms with van der Waals surface area (Å²) in [7, 11) is 0. The standard InChI is InChI=1S/C32H34ClN3O3.C27H30ClN5O3.C25H28Cl2N2O3/c1-22-3-5-24(6-4-22)32(37)36-15-13-27-28-21-25(33)9-12-29(28)34-30(27)31(36)23-7-10-26(11-8-23)39-18-2-14-35-16-19-38-20-17-35;1-27(2,3)36-26(34)33-13-11-21-22-15-19(28)7-10-23(22)31-24(21)25(33)18-5-8-20(9-6-18)35-14-4-12-32-17-29-16-30-32;1-25(2,3)32-24(30)29-13-11-19-20-15-17(27)7-10-21(20)28-22(19)23(29)16-5-8-18(9-6-16)31-14-4-12-26/h3-12,21,31,34H,2,13-20H2,1H3;5-10,15-17,25,31H,4,11-14H2,1-3H3;5-10,15,23,28H,4,11-14H2,1-3H3. The molecule has 0 bridgehead atoms. The summed E-state index contributed by atoms with van der Waals surface area (Å²) >= 11 is 24.7. The van der Waals surface area contributed by atoms with E-state index in [4.69, 9.17) is 74.8 Å². The van der Waals surface area contributed by atoms with Gasteiger partial charge in [-0.3, -0.25) is 24.2 Å². The van der Waals surface area contributed by atoms with E-state index in [2.05, 4.69) is 42.1 Å². The van der Waals surface area contributed by atoms with Crippen LogP contribution in [0.5, 0.6) is 17.2 Å². The minimum absolute atomic E-state index is 0.0331. The Bertz CT molecular complexity index is 4850. The summed E-state index contributed by atoms with van der Waals surface area (Å²) in [6.45, 7) is 22.3. The fourth-order valence-electron chi connectivity index (χ4n) is 14.5. The van der Waals surface area contributed by atoms with E-state index in [9.17, 15) is 14.4 Å². The van der Waals surface area contributed by atoms with Gasteiger partial charge in [-0.1, -0.05) is 88.9 Å². The number of aryl methyl sites for hydroxylation is 2. The molecule has 1 fully saturated rings. The molecule has 15 rings (SSSR count). The predicted molar refractivity (Wildman–Crippen MR) is 422 cm³/mol. The van der Waals surface area contributed by atoms with Crippen molar-refractivity contribution in [2.75, 3.05) is 78.2 Å². The van der Waals surface area contributed by atoms with Crippen LogP contribution in [0.15, 0.2) is 164 Å². The number of nitrogens with one attached hydrogen (secondary N) is 3. The molecule has 4 aliphatic rings. The smallest absolute Gasteiger partial charge is 0.411 e. The predicted octanol–water partition coefficient (Wildman–Crippen LogP) is 18.5. The molecule has 3 unspecified atom stereocenters. The Kier molecular flexibility index (Phi) is 24.1. The maximum atomic E-state index is 13.8. The highest BCUT2D eigenvalue weighted by Gasteiger charge is 2.40. The molecular weight excluding hydrogens is 1430 g/mol. The van der Waals surface area contributed by atoms with E-state index >= 15 is 0 Å². The number of alkyl halides is 1. The third kappa shape index (κ3) is 18.5. The molecule has 3 amide bonds. The van der Waals surface area contributed by atoms with Crippen LogP contribution in [-0.4, -0.2) is 157 Å². The molecule has 4 aliphatic heterocycles. The van der Waals surface area contributed by atoms with Crippen LogP contribution in [0.2, 0.25) is 15.1 Å². The van der Waals surface area contributed by atoms with Gasteiger partial charge in [0, 0.05) is 129 Å². The van der Waals surface area contributed by atoms with Crippen molar-refractivity contribution < 1.29 is 42.8 Å². The highest BCUT2D eigenvalue weighted by Crippen LogP contribution is 2.44. The van der Waals surface area contributed by atoms with Gasteiger partial charge < -0.3 is 48.3 Å². The molecule has 1 saturated heterocycles. The van der Waals surface area contributed by atoms with Crippen LogP contribution in [-0.2, 0) is 40.0 Å². The van der Waals surface area contributed by atoms with E-state index in [0.29, 0.717) is 66.0 Å². The van der Waals surface area contributed by atoms with E-state index in [1.54, 1.807) is 20.8 Å². The molecule has 107 heavy (non-hydrogen) atoms. The summed E-state index contributed by atoms with van der Waals surface area (Å²) in [5.41, 5.74) is 13.4. The van der Waals surface area contributed by atoms with E-state index in [0.717, 1.165) is 167 Å². The zero-order valence-corrected chi connectivity index (χ0v) is 64.6. The molecule has 560 valence electrons. The second-order valence-corrected chi connectivity index (χ2v) is 31.1. The van der Waals surface area contributed by atoms with Crippen LogP contribution in [0.25, 0.3) is 32.7 Å². The van der Waals surface area contributed by atoms with E-state index in [1.165, 1.54) is 23.0 Å². The van der Waals surface area contributed by atoms with Gasteiger partial charge in [-0.25, -0.2) is 14.6 Å². The summed E-state index contributed by atoms with van der Waals surface area (Å²) < 4.78 is 36.5. The summed E-state index contributed by atoms with van der Waals surface area (Å²) in [6, 6.07) is 48.7. The van der Waals surface area contributed by atoms with Gasteiger partial charge in [0.05, 0.1) is 39.1 Å². The monoisotopic (exact) mass is 1520 g/mol. The number of hydrogen-bond acceptors (Lipinski definition) is 12. The average molecular weight is 1530 g/mol. The lowest BCUT2D eigenvalue weighted by Crippen LogP contribution is -2.43. The number of nitrogens with zero attached hydrogens (tertiary/aromatic N) is 7. The molecule has 0 spiro atoms. The molecule has 0 aliphatic carbocycles. The van der Waals surface area contributed by atoms with Crippen LogP contribution in [0.1, 0.15) is 145 Å². The number of carbonyl (C=O) groups is 3. The third-order valence-corrected chi connectivity index (χ3v) is 20.4. The lowest BCUT2D eigenvalue weighted by atomic mass is 9.91. The number of aromatic nitrogens is 6. The number of carbonyl (C=O) groups excluding carboxylic acids is 3. The average Bonchev–Trinajstić information content (AvgIpc) is 1.64. The quantitative estimate of drug-likeness (QED) is 0.0544. The van der Waals surface area contributed by atoms with Crippen LogP contribution < -0.4 is 14.2 Å². The summed E-state index contributed by atoms with van der Waals surface area (Å²) in [6.07, 6.45) is 7.37. The molecule has 23 heteroatoms. The fraction of sp³-hybridized carbons (Fsp3) is 0.369. The Balaban J connectivity index is 0.000000143. The molecule has 4 aromatic heterocycles. The summed E-state index contributed by atoms with van der Waals surface area (Å²) in [5, 5.41) is 9.54. The topological polar surface area (TPSA) is 198 Å². The van der Waals surface area contributed by atoms with Crippen molar-refractivity contribution in [3.63, 3.8) is 0 Å². The molecule has 3 N–H and O–H groups in total. The molecule has 3 atom stereocenters. The van der Waals surface area contributed by atoms with E-state index < -0.39 is 11.2 Å². The highest BCUT2D eigenvalue weighted by atomic mass is 35.5. The van der Waals surface area contributed by atoms with Crippen LogP contribution in [0.4, 0.5) is 9.59 Å². The summed E-state index contributed by atoms with van der Waals surface area (Å²) in [4.78, 5) is 62.9. The van der Waals surface area contributed by atoms with Crippen molar-refractivity contribution in [2.45, 2.75) is 123 Å². The zero-order valence-electron chi connectivity index (χ0n) is 61.6. The number of aromatic amines is 3. The number of rotatable bonds is 18. The molecular formula is C84H92Cl4N10O9. The first kappa shape index (κ1) is 76.0. The van der Waals surface area contributed by atoms with Gasteiger partial charge in [-0.2, -0.15) is 5.10 Å². The Hall–Kier alpha value is -9.21. The first-order valence-corrected chi connectivity index (χ1v) is 38.4. The molecule has 0 radical (unpaired) electrons. The molecule has 11 aromatic rings. The maximum Gasteiger partial charge on any atom is 0.411 e. The Morgan fingerprint density at radius 3 is 1.28 bits per heavy atom. The van der Waals surface area contributed by atoms with Gasteiger partial charge >= 0.3 is 12.2 Å². The SMILES string of the molecule is CC(C)(C)OC(=O)N1CCc2c([nH]c3ccc(Cl)cc23)C1c1ccc(OCCCCl)cc1.CC(C)(C)OC(=O)N1CCc2c([nH]c3ccc(Cl)cc23)C1c1ccc(OCCCn2cncn2)cc1.Cc1ccc(C(=O)N2CCc3c([nH]c4ccc(Cl)cc34)C2c2ccc(OCCCN3CCOCC3)cc2)cc1. The first-order valence-electron chi connectivity index (χ1n) is 36.8. The Morgan fingerprint density at radius 2 is 0.888 bits per heavy atom. The number of H-pyrrole nitrogens is 3. The Labute approximate surface area is 644 Å². The zero-order chi connectivity index (χ0) is 74.9. The largest absolute Gasteiger partial charge is 0.494 e. The minimum atomic E-state index is -0.584. The number of benzene rings is 7. The van der Waals surface area contributed by atoms with Crippen LogP contribution in [0, 0.1) is 6.92 Å². The number of amides is 3. The first-order chi connectivity index (χ1) is 51.6. The summed E-state index contributed by atoms with van der Waals surface area (Å²) in [5.74, 6) is 3.00. The maximum absolute atomic E-state index is 13.8. The van der Waals surface area contributed by atoms with Gasteiger partial charge in [0.2, 0.25) is 0 Å². The second-order valence-electron chi connectivity index (χ2n) is 29.4. The van der Waals surface area contributed by atoms with Crippen molar-refractivity contribution in [2.24, 2.45) is 0 Å². The minimum Gasteiger partial charge on any atom is -0.494 e. The van der Waals surface area contributed by atoms with Crippen molar-refractivity contribution in [1.29, 1.82) is 0 Å². The van der Waals surface area contributed by atoms with Gasteiger partial charge in [-0.15, -0.1) is 11.6 Å². The molecule has 19 nitrogen and oxygen atoms in total. The normalized spacial score (nSPS) is 16.6. The van der Waals surface area contributed by atoms with Crippen molar-refractivity contribution >= 4 is 97.2 Å². The second kappa shape index (κ2) is 33.9. The van der Waals surface area contributed by atoms with Gasteiger partial charge in [0.25, 0.3) is 5.91 Å². The van der Waals surface area contributed by atoms with Crippen molar-refractivity contribution in [3.8, 4) is 17.2 Å². The highest BCUT2D eigenvalue weighted by molar-refractivity contribution is 6.32. The van der Waals surface area contributed by atoms with Crippen LogP contribution in [0.3, 0.4) is 0 Å². The van der Waals surface area contributed by atoms with Crippen molar-refractivity contribution in [3.05, 3.63) is 241 Å². The fourth-order valence-corrected chi connectivity index (χ4v) is 15.1. The number of ether oxygens (including phenoxy) is 6. The van der Waals surface area contributed by atoms with Gasteiger partial charge in [0.1, 0.15) is 53.2 Å². The molecule has 8 heterocycles. The van der Waals surface area contributed by atoms with Crippen molar-refractivity contribution in [1.82, 2.24) is 49.3 Å². The number of hydrogen-bond donors (Lipinski definition) is 3. The Morgan fingerprint density at radius 1 is 0.495 bits per heavy atom. The van der Waals surface area contributed by atoms with Crippen LogP contribution >= 0.6 is 46.4 Å². The van der Waals surface area contributed by atoms with E-state index in [-0.39, 0.29) is 36.2 Å². The van der Waals surface area contributed by atoms with Gasteiger partial charge in [0.15, 0.2) is 0 Å².